The van der Waals surface area contributed by atoms with Gasteiger partial charge in [0.1, 0.15) is 12.1 Å². The number of anilines is 2. The van der Waals surface area contributed by atoms with Crippen LogP contribution < -0.4 is 15.8 Å². The largest absolute Gasteiger partial charge is 1.00 e. The van der Waals surface area contributed by atoms with Gasteiger partial charge in [0, 0.05) is 23.9 Å². The van der Waals surface area contributed by atoms with Crippen molar-refractivity contribution >= 4 is 23.5 Å². The molecule has 1 radical (unpaired) electrons. The average Bonchev–Trinajstić information content (AvgIpc) is 3.23. The molecule has 5 nitrogen and oxygen atoms in total. The topological polar surface area (TPSA) is 81.1 Å². The molecule has 1 aliphatic heterocycles. The predicted molar refractivity (Wildman–Crippen MR) is 123 cm³/mol. The summed E-state index contributed by atoms with van der Waals surface area (Å²) in [6, 6.07) is 8.11. The van der Waals surface area contributed by atoms with Gasteiger partial charge in [-0.1, -0.05) is 57.2 Å². The van der Waals surface area contributed by atoms with Gasteiger partial charge in [-0.2, -0.15) is 18.2 Å². The Hall–Kier alpha value is -1.15. The fourth-order valence-electron chi connectivity index (χ4n) is 4.70. The van der Waals surface area contributed by atoms with Crippen molar-refractivity contribution in [2.45, 2.75) is 70.3 Å². The summed E-state index contributed by atoms with van der Waals surface area (Å²) in [5.41, 5.74) is 17.5. The molecule has 0 bridgehead atoms. The van der Waals surface area contributed by atoms with Gasteiger partial charge in [-0.25, -0.2) is 9.97 Å². The molecule has 2 heterocycles. The molecule has 7 heteroatoms. The molecule has 0 unspecified atom stereocenters. The van der Waals surface area contributed by atoms with Crippen LogP contribution in [0.25, 0.3) is 11.3 Å². The Morgan fingerprint density at radius 1 is 1.17 bits per heavy atom. The van der Waals surface area contributed by atoms with Crippen molar-refractivity contribution in [3.05, 3.63) is 35.7 Å². The van der Waals surface area contributed by atoms with Crippen molar-refractivity contribution in [2.24, 2.45) is 5.73 Å². The van der Waals surface area contributed by atoms with E-state index in [0.29, 0.717) is 11.9 Å². The maximum absolute atomic E-state index is 6.16. The van der Waals surface area contributed by atoms with Crippen LogP contribution >= 0.6 is 11.9 Å². The SMILES string of the molecule is CC1(C)Cc2c(N3CCCS3)[c-]ccc2-c2ncnc(N)c21.NC1CCCCC1.[Os+]. The Kier molecular flexibility index (Phi) is 7.82. The van der Waals surface area contributed by atoms with Crippen molar-refractivity contribution in [1.82, 2.24) is 9.97 Å². The van der Waals surface area contributed by atoms with E-state index < -0.39 is 0 Å². The Balaban J connectivity index is 0.000000274. The molecule has 0 atom stereocenters. The number of benzene rings is 1. The number of fused-ring (bicyclic) bond motifs is 3. The van der Waals surface area contributed by atoms with Gasteiger partial charge in [-0.3, -0.25) is 0 Å². The number of hydrogen-bond acceptors (Lipinski definition) is 6. The van der Waals surface area contributed by atoms with Crippen LogP contribution in [-0.4, -0.2) is 28.3 Å². The van der Waals surface area contributed by atoms with Gasteiger partial charge < -0.3 is 15.8 Å². The van der Waals surface area contributed by atoms with Crippen molar-refractivity contribution in [2.75, 3.05) is 22.3 Å². The Morgan fingerprint density at radius 3 is 2.57 bits per heavy atom. The molecular formula is C23H32N5OsS. The van der Waals surface area contributed by atoms with Gasteiger partial charge in [0.05, 0.1) is 5.69 Å². The third kappa shape index (κ3) is 4.84. The van der Waals surface area contributed by atoms with Crippen LogP contribution in [0.1, 0.15) is 63.5 Å². The minimum Gasteiger partial charge on any atom is -0.383 e. The molecule has 1 saturated carbocycles. The molecule has 163 valence electrons. The van der Waals surface area contributed by atoms with E-state index in [1.807, 2.05) is 18.0 Å². The van der Waals surface area contributed by atoms with Gasteiger partial charge in [0.25, 0.3) is 0 Å². The summed E-state index contributed by atoms with van der Waals surface area (Å²) in [5.74, 6) is 1.79. The van der Waals surface area contributed by atoms with Crippen LogP contribution in [0.4, 0.5) is 11.5 Å². The average molecular weight is 601 g/mol. The van der Waals surface area contributed by atoms with Crippen LogP contribution in [0.2, 0.25) is 0 Å². The van der Waals surface area contributed by atoms with Crippen LogP contribution in [0.3, 0.4) is 0 Å². The number of nitrogens with two attached hydrogens (primary N) is 2. The Labute approximate surface area is 198 Å². The van der Waals surface area contributed by atoms with E-state index in [1.165, 1.54) is 61.1 Å². The summed E-state index contributed by atoms with van der Waals surface area (Å²) >= 11 is 1.90. The van der Waals surface area contributed by atoms with Crippen LogP contribution in [0.15, 0.2) is 18.5 Å². The zero-order valence-corrected chi connectivity index (χ0v) is 21.3. The molecule has 30 heavy (non-hydrogen) atoms. The van der Waals surface area contributed by atoms with Gasteiger partial charge in [-0.15, -0.1) is 11.1 Å². The first kappa shape index (κ1) is 23.5. The normalized spacial score (nSPS) is 19.8. The smallest absolute Gasteiger partial charge is 0.383 e. The second kappa shape index (κ2) is 9.98. The summed E-state index contributed by atoms with van der Waals surface area (Å²) in [6.07, 6.45) is 10.4. The molecule has 0 amide bonds. The van der Waals surface area contributed by atoms with Gasteiger partial charge in [0.15, 0.2) is 0 Å². The van der Waals surface area contributed by atoms with Crippen LogP contribution in [0, 0.1) is 6.07 Å². The quantitative estimate of drug-likeness (QED) is 0.371. The maximum Gasteiger partial charge on any atom is 1.00 e. The molecule has 1 aromatic carbocycles. The number of hydrogen-bond donors (Lipinski definition) is 2. The standard InChI is InChI=1S/C17H19N4S.C6H13N.Os/c1-17(2)9-12-11(15-14(17)16(18)20-10-19-15)5-3-6-13(12)21-7-4-8-22-21;7-6-4-2-1-3-5-6;/h3,5,10H,4,7-9H2,1-2H3,(H2,18,19,20);6H,1-5,7H2;/q-1;;+1. The zero-order valence-electron chi connectivity index (χ0n) is 17.9. The molecule has 3 aliphatic rings. The predicted octanol–water partition coefficient (Wildman–Crippen LogP) is 4.49. The van der Waals surface area contributed by atoms with E-state index in [9.17, 15) is 0 Å². The van der Waals surface area contributed by atoms with Crippen molar-refractivity contribution in [3.63, 3.8) is 0 Å². The monoisotopic (exact) mass is 602 g/mol. The second-order valence-electron chi connectivity index (χ2n) is 8.95. The molecule has 1 saturated heterocycles. The van der Waals surface area contributed by atoms with E-state index in [2.05, 4.69) is 40.3 Å². The van der Waals surface area contributed by atoms with Crippen LogP contribution in [-0.2, 0) is 31.6 Å². The minimum atomic E-state index is -0.0674. The van der Waals surface area contributed by atoms with E-state index in [-0.39, 0.29) is 25.2 Å². The first-order chi connectivity index (χ1) is 14.0. The fourth-order valence-corrected chi connectivity index (χ4v) is 5.73. The number of nitrogen functional groups attached to an aromatic ring is 1. The van der Waals surface area contributed by atoms with E-state index in [0.717, 1.165) is 24.2 Å². The summed E-state index contributed by atoms with van der Waals surface area (Å²) in [4.78, 5) is 8.76. The van der Waals surface area contributed by atoms with E-state index >= 15 is 0 Å². The number of nitrogens with zero attached hydrogens (tertiary/aromatic N) is 3. The molecular weight excluding hydrogens is 569 g/mol. The molecule has 0 spiro atoms. The molecule has 2 aliphatic carbocycles. The Bertz CT molecular complexity index is 861. The molecule has 2 aromatic rings. The van der Waals surface area contributed by atoms with Crippen molar-refractivity contribution < 1.29 is 19.8 Å². The summed E-state index contributed by atoms with van der Waals surface area (Å²) in [6.45, 7) is 5.54. The maximum atomic E-state index is 6.16. The summed E-state index contributed by atoms with van der Waals surface area (Å²) in [7, 11) is 0. The van der Waals surface area contributed by atoms with Crippen LogP contribution in [0.5, 0.6) is 0 Å². The summed E-state index contributed by atoms with van der Waals surface area (Å²) < 4.78 is 2.38. The van der Waals surface area contributed by atoms with E-state index in [1.54, 1.807) is 6.33 Å². The number of rotatable bonds is 1. The van der Waals surface area contributed by atoms with E-state index in [4.69, 9.17) is 11.5 Å². The Morgan fingerprint density at radius 2 is 1.93 bits per heavy atom. The molecule has 2 fully saturated rings. The first-order valence-electron chi connectivity index (χ1n) is 10.8. The second-order valence-corrected chi connectivity index (χ2v) is 10.1. The first-order valence-corrected chi connectivity index (χ1v) is 11.7. The number of aromatic nitrogens is 2. The third-order valence-corrected chi connectivity index (χ3v) is 7.31. The van der Waals surface area contributed by atoms with Gasteiger partial charge in [-0.05, 0) is 24.7 Å². The van der Waals surface area contributed by atoms with Gasteiger partial charge >= 0.3 is 19.8 Å². The zero-order chi connectivity index (χ0) is 20.4. The van der Waals surface area contributed by atoms with Gasteiger partial charge in [0.2, 0.25) is 0 Å². The molecule has 4 N–H and O–H groups in total. The molecule has 1 aromatic heterocycles. The van der Waals surface area contributed by atoms with Crippen molar-refractivity contribution in [3.8, 4) is 11.3 Å². The fraction of sp³-hybridized carbons (Fsp3) is 0.565. The third-order valence-electron chi connectivity index (χ3n) is 6.16. The molecule has 5 rings (SSSR count). The minimum absolute atomic E-state index is 0. The summed E-state index contributed by atoms with van der Waals surface area (Å²) in [5, 5.41) is 0. The van der Waals surface area contributed by atoms with Crippen molar-refractivity contribution in [1.29, 1.82) is 0 Å².